The van der Waals surface area contributed by atoms with Crippen LogP contribution in [0.25, 0.3) is 0 Å². The molecule has 0 spiro atoms. The fourth-order valence-electron chi connectivity index (χ4n) is 1.32. The van der Waals surface area contributed by atoms with Crippen LogP contribution in [0.2, 0.25) is 0 Å². The lowest BCUT2D eigenvalue weighted by atomic mass is 9.99. The molecule has 0 saturated heterocycles. The van der Waals surface area contributed by atoms with E-state index in [1.54, 1.807) is 0 Å². The van der Waals surface area contributed by atoms with Gasteiger partial charge in [-0.3, -0.25) is 10.3 Å². The minimum atomic E-state index is 0.114. The Morgan fingerprint density at radius 1 is 1.58 bits per heavy atom. The van der Waals surface area contributed by atoms with Gasteiger partial charge in [-0.15, -0.1) is 0 Å². The zero-order valence-corrected chi connectivity index (χ0v) is 7.96. The Labute approximate surface area is 74.4 Å². The fourth-order valence-corrected chi connectivity index (χ4v) is 1.32. The molecule has 0 rings (SSSR count). The smallest absolute Gasteiger partial charge is 0.104 e. The van der Waals surface area contributed by atoms with Crippen LogP contribution in [0.1, 0.15) is 19.8 Å². The molecule has 0 heterocycles. The van der Waals surface area contributed by atoms with Crippen molar-refractivity contribution in [2.75, 3.05) is 13.6 Å². The summed E-state index contributed by atoms with van der Waals surface area (Å²) in [5.74, 6) is 0.486. The minimum absolute atomic E-state index is 0.114. The average Bonchev–Trinajstić information content (AvgIpc) is 2.11. The SMILES string of the molecule is CCC(CCN)C(N=CN)NC. The number of hydrogen-bond acceptors (Lipinski definition) is 3. The first kappa shape index (κ1) is 11.4. The van der Waals surface area contributed by atoms with E-state index < -0.39 is 0 Å². The molecule has 0 aromatic heterocycles. The highest BCUT2D eigenvalue weighted by Gasteiger charge is 2.15. The van der Waals surface area contributed by atoms with Gasteiger partial charge < -0.3 is 11.5 Å². The van der Waals surface area contributed by atoms with E-state index in [0.29, 0.717) is 12.5 Å². The third-order valence-corrected chi connectivity index (χ3v) is 2.05. The van der Waals surface area contributed by atoms with Gasteiger partial charge in [-0.1, -0.05) is 6.92 Å². The summed E-state index contributed by atoms with van der Waals surface area (Å²) >= 11 is 0. The lowest BCUT2D eigenvalue weighted by Gasteiger charge is -2.21. The molecule has 5 N–H and O–H groups in total. The molecule has 0 aliphatic carbocycles. The molecule has 0 aliphatic heterocycles. The van der Waals surface area contributed by atoms with Crippen LogP contribution in [0.5, 0.6) is 0 Å². The van der Waals surface area contributed by atoms with Crippen LogP contribution in [0, 0.1) is 5.92 Å². The van der Waals surface area contributed by atoms with Crippen molar-refractivity contribution in [2.24, 2.45) is 22.4 Å². The Morgan fingerprint density at radius 3 is 2.58 bits per heavy atom. The first-order valence-electron chi connectivity index (χ1n) is 4.40. The molecule has 72 valence electrons. The van der Waals surface area contributed by atoms with Crippen LogP contribution in [0.4, 0.5) is 0 Å². The highest BCUT2D eigenvalue weighted by molar-refractivity contribution is 5.51. The standard InChI is InChI=1S/C8H20N4/c1-3-7(4-5-9)8(11-2)12-6-10/h6-8,11H,3-5,9H2,1-2H3,(H2,10,12). The van der Waals surface area contributed by atoms with Crippen molar-refractivity contribution < 1.29 is 0 Å². The lowest BCUT2D eigenvalue weighted by Crippen LogP contribution is -2.33. The zero-order chi connectivity index (χ0) is 9.40. The third kappa shape index (κ3) is 3.69. The van der Waals surface area contributed by atoms with Crippen LogP contribution in [-0.2, 0) is 0 Å². The molecular weight excluding hydrogens is 152 g/mol. The maximum Gasteiger partial charge on any atom is 0.104 e. The van der Waals surface area contributed by atoms with Gasteiger partial charge in [0.1, 0.15) is 6.17 Å². The highest BCUT2D eigenvalue weighted by Crippen LogP contribution is 2.12. The lowest BCUT2D eigenvalue weighted by molar-refractivity contribution is 0.355. The van der Waals surface area contributed by atoms with Crippen molar-refractivity contribution in [3.8, 4) is 0 Å². The monoisotopic (exact) mass is 172 g/mol. The Kier molecular flexibility index (Phi) is 6.70. The van der Waals surface area contributed by atoms with Crippen molar-refractivity contribution in [3.05, 3.63) is 0 Å². The summed E-state index contributed by atoms with van der Waals surface area (Å²) in [6, 6.07) is 0. The van der Waals surface area contributed by atoms with Gasteiger partial charge in [0.05, 0.1) is 6.34 Å². The van der Waals surface area contributed by atoms with Gasteiger partial charge in [-0.05, 0) is 32.4 Å². The predicted octanol–water partition coefficient (Wildman–Crippen LogP) is -0.106. The van der Waals surface area contributed by atoms with Crippen LogP contribution in [-0.4, -0.2) is 26.1 Å². The Morgan fingerprint density at radius 2 is 2.25 bits per heavy atom. The summed E-state index contributed by atoms with van der Waals surface area (Å²) in [5, 5.41) is 3.11. The van der Waals surface area contributed by atoms with E-state index >= 15 is 0 Å². The van der Waals surface area contributed by atoms with Gasteiger partial charge in [0.15, 0.2) is 0 Å². The van der Waals surface area contributed by atoms with Gasteiger partial charge in [-0.25, -0.2) is 0 Å². The van der Waals surface area contributed by atoms with Gasteiger partial charge in [0, 0.05) is 0 Å². The molecule has 0 bridgehead atoms. The van der Waals surface area contributed by atoms with Crippen LogP contribution in [0.3, 0.4) is 0 Å². The molecule has 0 aromatic rings. The van der Waals surface area contributed by atoms with Crippen LogP contribution < -0.4 is 16.8 Å². The molecular formula is C8H20N4. The van der Waals surface area contributed by atoms with Gasteiger partial charge in [-0.2, -0.15) is 0 Å². The number of nitrogens with zero attached hydrogens (tertiary/aromatic N) is 1. The summed E-state index contributed by atoms with van der Waals surface area (Å²) in [4.78, 5) is 4.12. The van der Waals surface area contributed by atoms with E-state index in [2.05, 4.69) is 17.2 Å². The van der Waals surface area contributed by atoms with Crippen molar-refractivity contribution in [1.29, 1.82) is 0 Å². The second kappa shape index (κ2) is 7.06. The Balaban J connectivity index is 4.02. The molecule has 4 heteroatoms. The summed E-state index contributed by atoms with van der Waals surface area (Å²) in [5.41, 5.74) is 10.7. The van der Waals surface area contributed by atoms with Gasteiger partial charge in [0.25, 0.3) is 0 Å². The number of hydrogen-bond donors (Lipinski definition) is 3. The maximum atomic E-state index is 5.48. The topological polar surface area (TPSA) is 76.4 Å². The molecule has 4 nitrogen and oxygen atoms in total. The van der Waals surface area contributed by atoms with E-state index in [0.717, 1.165) is 12.8 Å². The van der Waals surface area contributed by atoms with Gasteiger partial charge >= 0.3 is 0 Å². The van der Waals surface area contributed by atoms with E-state index in [1.165, 1.54) is 6.34 Å². The molecule has 2 unspecified atom stereocenters. The summed E-state index contributed by atoms with van der Waals surface area (Å²) in [7, 11) is 1.89. The molecule has 0 radical (unpaired) electrons. The minimum Gasteiger partial charge on any atom is -0.390 e. The molecule has 0 aromatic carbocycles. The Bertz CT molecular complexity index is 124. The van der Waals surface area contributed by atoms with E-state index in [9.17, 15) is 0 Å². The summed E-state index contributed by atoms with van der Waals surface area (Å²) in [6.07, 6.45) is 3.52. The number of rotatable bonds is 6. The molecule has 0 fully saturated rings. The number of nitrogens with one attached hydrogen (secondary N) is 1. The normalized spacial score (nSPS) is 16.6. The van der Waals surface area contributed by atoms with Crippen LogP contribution >= 0.6 is 0 Å². The van der Waals surface area contributed by atoms with Crippen molar-refractivity contribution in [3.63, 3.8) is 0 Å². The fraction of sp³-hybridized carbons (Fsp3) is 0.875. The first-order valence-corrected chi connectivity index (χ1v) is 4.40. The van der Waals surface area contributed by atoms with Gasteiger partial charge in [0.2, 0.25) is 0 Å². The molecule has 0 aliphatic rings. The van der Waals surface area contributed by atoms with E-state index in [1.807, 2.05) is 7.05 Å². The van der Waals surface area contributed by atoms with E-state index in [4.69, 9.17) is 11.5 Å². The molecule has 0 saturated carbocycles. The summed E-state index contributed by atoms with van der Waals surface area (Å²) < 4.78 is 0. The average molecular weight is 172 g/mol. The summed E-state index contributed by atoms with van der Waals surface area (Å²) in [6.45, 7) is 2.84. The predicted molar refractivity (Wildman–Crippen MR) is 53.0 cm³/mol. The zero-order valence-electron chi connectivity index (χ0n) is 7.96. The maximum absolute atomic E-state index is 5.48. The van der Waals surface area contributed by atoms with E-state index in [-0.39, 0.29) is 6.17 Å². The Hall–Kier alpha value is -0.610. The van der Waals surface area contributed by atoms with Crippen molar-refractivity contribution >= 4 is 6.34 Å². The van der Waals surface area contributed by atoms with Crippen molar-refractivity contribution in [1.82, 2.24) is 5.32 Å². The number of nitrogens with two attached hydrogens (primary N) is 2. The first-order chi connectivity index (χ1) is 5.79. The quantitative estimate of drug-likeness (QED) is 0.386. The van der Waals surface area contributed by atoms with Crippen LogP contribution in [0.15, 0.2) is 4.99 Å². The highest BCUT2D eigenvalue weighted by atomic mass is 15.1. The molecule has 0 amide bonds. The third-order valence-electron chi connectivity index (χ3n) is 2.05. The molecule has 2 atom stereocenters. The number of aliphatic imine (C=N–C) groups is 1. The molecule has 12 heavy (non-hydrogen) atoms. The second-order valence-electron chi connectivity index (χ2n) is 2.78. The second-order valence-corrected chi connectivity index (χ2v) is 2.78. The largest absolute Gasteiger partial charge is 0.390 e. The van der Waals surface area contributed by atoms with Crippen molar-refractivity contribution in [2.45, 2.75) is 25.9 Å².